The van der Waals surface area contributed by atoms with Crippen LogP contribution in [0, 0.1) is 0 Å². The van der Waals surface area contributed by atoms with Gasteiger partial charge in [0, 0.05) is 25.3 Å². The predicted molar refractivity (Wildman–Crippen MR) is 92.7 cm³/mol. The Labute approximate surface area is 148 Å². The van der Waals surface area contributed by atoms with Crippen molar-refractivity contribution in [3.63, 3.8) is 0 Å². The zero-order valence-corrected chi connectivity index (χ0v) is 14.7. The minimum Gasteiger partial charge on any atom is -0.477 e. The number of hydrogen-bond donors (Lipinski definition) is 2. The predicted octanol–water partition coefficient (Wildman–Crippen LogP) is 0.824. The summed E-state index contributed by atoms with van der Waals surface area (Å²) >= 11 is 0. The number of amides is 1. The van der Waals surface area contributed by atoms with Crippen molar-refractivity contribution in [2.75, 3.05) is 32.9 Å². The Morgan fingerprint density at radius 2 is 2.24 bits per heavy atom. The summed E-state index contributed by atoms with van der Waals surface area (Å²) in [6.07, 6.45) is 3.73. The summed E-state index contributed by atoms with van der Waals surface area (Å²) in [7, 11) is 0. The highest BCUT2D eigenvalue weighted by Gasteiger charge is 2.37. The molecule has 0 unspecified atom stereocenters. The Morgan fingerprint density at radius 3 is 3.00 bits per heavy atom. The maximum Gasteiger partial charge on any atom is 0.257 e. The fourth-order valence-electron chi connectivity index (χ4n) is 3.68. The summed E-state index contributed by atoms with van der Waals surface area (Å²) in [5.41, 5.74) is 0.407. The van der Waals surface area contributed by atoms with E-state index in [9.17, 15) is 9.90 Å². The molecule has 1 aliphatic heterocycles. The molecule has 2 heterocycles. The second-order valence-electron chi connectivity index (χ2n) is 6.51. The molecule has 0 bridgehead atoms. The summed E-state index contributed by atoms with van der Waals surface area (Å²) in [6, 6.07) is 3.22. The molecule has 2 fully saturated rings. The summed E-state index contributed by atoms with van der Waals surface area (Å²) < 4.78 is 10.8. The first kappa shape index (κ1) is 18.1. The van der Waals surface area contributed by atoms with Crippen LogP contribution in [-0.4, -0.2) is 72.0 Å². The SMILES string of the molecule is CCOc1ncccc1C(=O)N[C@@H]1CCC[C@@H](N2CCOCC2)[C@@H]1O. The molecule has 1 amide bonds. The minimum atomic E-state index is -0.581. The van der Waals surface area contributed by atoms with Crippen LogP contribution in [0.1, 0.15) is 36.5 Å². The van der Waals surface area contributed by atoms with Gasteiger partial charge in [-0.25, -0.2) is 4.98 Å². The molecule has 0 radical (unpaired) electrons. The van der Waals surface area contributed by atoms with Gasteiger partial charge >= 0.3 is 0 Å². The van der Waals surface area contributed by atoms with Gasteiger partial charge in [0.2, 0.25) is 5.88 Å². The minimum absolute atomic E-state index is 0.0724. The maximum absolute atomic E-state index is 12.7. The molecule has 1 aromatic heterocycles. The van der Waals surface area contributed by atoms with Crippen LogP contribution in [0.5, 0.6) is 5.88 Å². The van der Waals surface area contributed by atoms with Gasteiger partial charge in [-0.05, 0) is 38.3 Å². The van der Waals surface area contributed by atoms with E-state index in [-0.39, 0.29) is 18.0 Å². The van der Waals surface area contributed by atoms with Crippen molar-refractivity contribution in [2.45, 2.75) is 44.4 Å². The van der Waals surface area contributed by atoms with Gasteiger partial charge in [0.25, 0.3) is 5.91 Å². The standard InChI is InChI=1S/C18H27N3O4/c1-2-25-18-13(5-4-8-19-18)17(23)20-14-6-3-7-15(16(14)22)21-9-11-24-12-10-21/h4-5,8,14-16,22H,2-3,6-7,9-12H2,1H3,(H,20,23)/t14-,15-,16-/m1/s1. The number of morpholine rings is 1. The van der Waals surface area contributed by atoms with Crippen LogP contribution < -0.4 is 10.1 Å². The lowest BCUT2D eigenvalue weighted by Crippen LogP contribution is -2.58. The number of pyridine rings is 1. The first-order valence-corrected chi connectivity index (χ1v) is 9.09. The van der Waals surface area contributed by atoms with Crippen LogP contribution >= 0.6 is 0 Å². The summed E-state index contributed by atoms with van der Waals surface area (Å²) in [4.78, 5) is 19.1. The molecule has 2 N–H and O–H groups in total. The summed E-state index contributed by atoms with van der Waals surface area (Å²) in [6.45, 7) is 5.37. The first-order chi connectivity index (χ1) is 12.2. The highest BCUT2D eigenvalue weighted by molar-refractivity contribution is 5.96. The highest BCUT2D eigenvalue weighted by atomic mass is 16.5. The number of ether oxygens (including phenoxy) is 2. The van der Waals surface area contributed by atoms with Gasteiger partial charge in [0.05, 0.1) is 32.0 Å². The zero-order chi connectivity index (χ0) is 17.6. The van der Waals surface area contributed by atoms with Gasteiger partial charge in [-0.1, -0.05) is 0 Å². The van der Waals surface area contributed by atoms with Crippen molar-refractivity contribution in [3.05, 3.63) is 23.9 Å². The average Bonchev–Trinajstić information content (AvgIpc) is 2.65. The molecule has 3 rings (SSSR count). The van der Waals surface area contributed by atoms with Crippen LogP contribution in [0.4, 0.5) is 0 Å². The van der Waals surface area contributed by atoms with E-state index in [0.29, 0.717) is 31.3 Å². The molecule has 1 aromatic rings. The van der Waals surface area contributed by atoms with E-state index in [4.69, 9.17) is 9.47 Å². The van der Waals surface area contributed by atoms with Crippen molar-refractivity contribution in [1.82, 2.24) is 15.2 Å². The van der Waals surface area contributed by atoms with Crippen molar-refractivity contribution in [1.29, 1.82) is 0 Å². The highest BCUT2D eigenvalue weighted by Crippen LogP contribution is 2.25. The van der Waals surface area contributed by atoms with Crippen molar-refractivity contribution < 1.29 is 19.4 Å². The van der Waals surface area contributed by atoms with Gasteiger partial charge in [-0.3, -0.25) is 9.69 Å². The number of nitrogens with one attached hydrogen (secondary N) is 1. The Bertz CT molecular complexity index is 577. The number of carbonyl (C=O) groups excluding carboxylic acids is 1. The molecule has 7 nitrogen and oxygen atoms in total. The quantitative estimate of drug-likeness (QED) is 0.819. The topological polar surface area (TPSA) is 83.9 Å². The second-order valence-corrected chi connectivity index (χ2v) is 6.51. The smallest absolute Gasteiger partial charge is 0.257 e. The monoisotopic (exact) mass is 349 g/mol. The van der Waals surface area contributed by atoms with Crippen LogP contribution in [0.25, 0.3) is 0 Å². The average molecular weight is 349 g/mol. The van der Waals surface area contributed by atoms with Gasteiger partial charge < -0.3 is 19.9 Å². The third-order valence-corrected chi connectivity index (χ3v) is 4.95. The molecule has 138 valence electrons. The Balaban J connectivity index is 1.66. The number of rotatable bonds is 5. The van der Waals surface area contributed by atoms with E-state index < -0.39 is 6.10 Å². The van der Waals surface area contributed by atoms with E-state index >= 15 is 0 Å². The van der Waals surface area contributed by atoms with Crippen LogP contribution in [-0.2, 0) is 4.74 Å². The molecule has 0 spiro atoms. The molecule has 1 saturated carbocycles. The van der Waals surface area contributed by atoms with Crippen molar-refractivity contribution in [3.8, 4) is 5.88 Å². The van der Waals surface area contributed by atoms with E-state index in [1.54, 1.807) is 18.3 Å². The summed E-state index contributed by atoms with van der Waals surface area (Å²) in [5.74, 6) is 0.0840. The fraction of sp³-hybridized carbons (Fsp3) is 0.667. The number of carbonyl (C=O) groups is 1. The van der Waals surface area contributed by atoms with Gasteiger partial charge in [-0.15, -0.1) is 0 Å². The first-order valence-electron chi connectivity index (χ1n) is 9.09. The number of nitrogens with zero attached hydrogens (tertiary/aromatic N) is 2. The number of aromatic nitrogens is 1. The Hall–Kier alpha value is -1.70. The fourth-order valence-corrected chi connectivity index (χ4v) is 3.68. The number of aliphatic hydroxyl groups excluding tert-OH is 1. The van der Waals surface area contributed by atoms with Crippen molar-refractivity contribution in [2.24, 2.45) is 0 Å². The van der Waals surface area contributed by atoms with E-state index in [0.717, 1.165) is 32.4 Å². The Morgan fingerprint density at radius 1 is 1.44 bits per heavy atom. The number of aliphatic hydroxyl groups is 1. The molecule has 1 aliphatic carbocycles. The molecular formula is C18H27N3O4. The molecule has 0 aromatic carbocycles. The zero-order valence-electron chi connectivity index (χ0n) is 14.7. The molecule has 25 heavy (non-hydrogen) atoms. The lowest BCUT2D eigenvalue weighted by Gasteiger charge is -2.43. The molecule has 1 saturated heterocycles. The lowest BCUT2D eigenvalue weighted by molar-refractivity contribution is -0.0459. The molecule has 2 aliphatic rings. The largest absolute Gasteiger partial charge is 0.477 e. The van der Waals surface area contributed by atoms with Gasteiger partial charge in [0.1, 0.15) is 5.56 Å². The van der Waals surface area contributed by atoms with Crippen LogP contribution in [0.2, 0.25) is 0 Å². The normalized spacial score (nSPS) is 27.7. The van der Waals surface area contributed by atoms with Crippen LogP contribution in [0.3, 0.4) is 0 Å². The second kappa shape index (κ2) is 8.60. The third kappa shape index (κ3) is 4.29. The Kier molecular flexibility index (Phi) is 6.23. The lowest BCUT2D eigenvalue weighted by atomic mass is 9.86. The number of hydrogen-bond acceptors (Lipinski definition) is 6. The molecule has 3 atom stereocenters. The van der Waals surface area contributed by atoms with E-state index in [1.807, 2.05) is 6.92 Å². The van der Waals surface area contributed by atoms with Gasteiger partial charge in [-0.2, -0.15) is 0 Å². The van der Waals surface area contributed by atoms with E-state index in [1.165, 1.54) is 0 Å². The van der Waals surface area contributed by atoms with Crippen LogP contribution in [0.15, 0.2) is 18.3 Å². The maximum atomic E-state index is 12.7. The molecule has 7 heteroatoms. The third-order valence-electron chi connectivity index (χ3n) is 4.95. The molecular weight excluding hydrogens is 322 g/mol. The summed E-state index contributed by atoms with van der Waals surface area (Å²) in [5, 5.41) is 13.8. The van der Waals surface area contributed by atoms with E-state index in [2.05, 4.69) is 15.2 Å². The van der Waals surface area contributed by atoms with Crippen molar-refractivity contribution >= 4 is 5.91 Å². The van der Waals surface area contributed by atoms with Gasteiger partial charge in [0.15, 0.2) is 0 Å².